The van der Waals surface area contributed by atoms with Gasteiger partial charge in [0.2, 0.25) is 0 Å². The summed E-state index contributed by atoms with van der Waals surface area (Å²) in [4.78, 5) is 0. The molecule has 0 spiro atoms. The fourth-order valence-electron chi connectivity index (χ4n) is 4.42. The van der Waals surface area contributed by atoms with E-state index in [2.05, 4.69) is 86.7 Å². The van der Waals surface area contributed by atoms with Crippen molar-refractivity contribution in [2.75, 3.05) is 0 Å². The van der Waals surface area contributed by atoms with Crippen LogP contribution in [0.25, 0.3) is 21.5 Å². The quantitative estimate of drug-likeness (QED) is 0.156. The van der Waals surface area contributed by atoms with E-state index in [9.17, 15) is 0 Å². The fraction of sp³-hybridized carbons (Fsp3) is 0.167. The van der Waals surface area contributed by atoms with Gasteiger partial charge < -0.3 is 9.05 Å². The standard InChI is InChI=1S/C20H12O2P.C10H15.ClH.Ir/c1-2-10-16-14(6-1)7-3-11-17(16)21-23-19-13-5-9-15-8-4-12-18(22-23)20(15)19;1-6-7(2)9(4)10(5)8(6)3;;/h1-9,11-13H;1-5H3;1H;/q-1;;;+3/p-1. The van der Waals surface area contributed by atoms with Crippen molar-refractivity contribution in [2.45, 2.75) is 34.6 Å². The number of halogens is 1. The summed E-state index contributed by atoms with van der Waals surface area (Å²) >= 11 is 1.47. The van der Waals surface area contributed by atoms with Crippen molar-refractivity contribution in [3.8, 4) is 11.5 Å². The average molecular weight is 678 g/mol. The molecule has 2 aliphatic rings. The van der Waals surface area contributed by atoms with E-state index in [1.54, 1.807) is 0 Å². The molecule has 0 bridgehead atoms. The molecule has 1 atom stereocenters. The number of hydrogen-bond acceptors (Lipinski definition) is 2. The van der Waals surface area contributed by atoms with Crippen LogP contribution < -0.4 is 14.4 Å². The van der Waals surface area contributed by atoms with E-state index in [4.69, 9.17) is 9.05 Å². The first kappa shape index (κ1) is 26.4. The van der Waals surface area contributed by atoms with Gasteiger partial charge in [0.1, 0.15) is 5.75 Å². The Morgan fingerprint density at radius 3 is 1.91 bits per heavy atom. The van der Waals surface area contributed by atoms with Crippen LogP contribution in [0, 0.1) is 35.7 Å². The normalized spacial score (nSPS) is 18.7. The Morgan fingerprint density at radius 2 is 1.26 bits per heavy atom. The van der Waals surface area contributed by atoms with Gasteiger partial charge in [0.05, 0.1) is 11.1 Å². The maximum absolute atomic E-state index is 6.27. The van der Waals surface area contributed by atoms with Crippen molar-refractivity contribution in [3.63, 3.8) is 0 Å². The second-order valence-electron chi connectivity index (χ2n) is 8.59. The van der Waals surface area contributed by atoms with Gasteiger partial charge in [-0.05, 0) is 47.1 Å². The van der Waals surface area contributed by atoms with Crippen LogP contribution in [-0.2, 0) is 17.9 Å². The van der Waals surface area contributed by atoms with Crippen LogP contribution in [0.3, 0.4) is 0 Å². The molecule has 5 heteroatoms. The number of benzene rings is 4. The van der Waals surface area contributed by atoms with Crippen LogP contribution in [-0.4, -0.2) is 0 Å². The summed E-state index contributed by atoms with van der Waals surface area (Å²) in [6, 6.07) is 27.7. The maximum Gasteiger partial charge on any atom is 0.317 e. The molecule has 0 amide bonds. The van der Waals surface area contributed by atoms with Crippen LogP contribution in [0.4, 0.5) is 0 Å². The Labute approximate surface area is 225 Å². The molecule has 1 saturated carbocycles. The van der Waals surface area contributed by atoms with Crippen molar-refractivity contribution in [3.05, 3.63) is 108 Å². The summed E-state index contributed by atoms with van der Waals surface area (Å²) in [6.45, 7) is 11.0. The molecule has 1 aliphatic carbocycles. The zero-order valence-corrected chi connectivity index (χ0v) is 24.4. The first-order valence-electron chi connectivity index (χ1n) is 11.3. The van der Waals surface area contributed by atoms with Gasteiger partial charge in [-0.2, -0.15) is 0 Å². The van der Waals surface area contributed by atoms with E-state index in [0.29, 0.717) is 0 Å². The molecule has 0 saturated heterocycles. The predicted molar refractivity (Wildman–Crippen MR) is 145 cm³/mol. The zero-order chi connectivity index (χ0) is 25.1. The zero-order valence-electron chi connectivity index (χ0n) is 20.4. The molecule has 1 aliphatic heterocycles. The minimum Gasteiger partial charge on any atom is -0.483 e. The molecule has 6 rings (SSSR count). The summed E-state index contributed by atoms with van der Waals surface area (Å²) in [5.74, 6) is 9.07. The molecule has 0 N–H and O–H groups in total. The third kappa shape index (κ3) is 5.26. The minimum atomic E-state index is -1.16. The fourth-order valence-corrected chi connectivity index (χ4v) is 5.94. The van der Waals surface area contributed by atoms with Crippen molar-refractivity contribution in [1.82, 2.24) is 0 Å². The Morgan fingerprint density at radius 1 is 0.714 bits per heavy atom. The third-order valence-corrected chi connectivity index (χ3v) is 8.37. The first-order valence-corrected chi connectivity index (χ1v) is 15.5. The predicted octanol–water partition coefficient (Wildman–Crippen LogP) is 8.86. The van der Waals surface area contributed by atoms with E-state index in [-0.39, 0.29) is 0 Å². The number of fused-ring (bicyclic) bond motifs is 1. The topological polar surface area (TPSA) is 18.5 Å². The van der Waals surface area contributed by atoms with E-state index in [1.165, 1.54) is 58.3 Å². The van der Waals surface area contributed by atoms with Gasteiger partial charge in [-0.3, -0.25) is 0 Å². The summed E-state index contributed by atoms with van der Waals surface area (Å²) in [7, 11) is 3.48. The number of hydrogen-bond donors (Lipinski definition) is 0. The second kappa shape index (κ2) is 11.6. The molecule has 35 heavy (non-hydrogen) atoms. The molecule has 1 heterocycles. The summed E-state index contributed by atoms with van der Waals surface area (Å²) < 4.78 is 12.4. The monoisotopic (exact) mass is 678 g/mol. The van der Waals surface area contributed by atoms with E-state index in [0.717, 1.165) is 27.6 Å². The summed E-state index contributed by atoms with van der Waals surface area (Å²) in [6.07, 6.45) is 0. The molecule has 1 unspecified atom stereocenters. The van der Waals surface area contributed by atoms with Crippen LogP contribution in [0.2, 0.25) is 0 Å². The van der Waals surface area contributed by atoms with E-state index >= 15 is 0 Å². The van der Waals surface area contributed by atoms with Crippen LogP contribution in [0.15, 0.2) is 72.8 Å². The summed E-state index contributed by atoms with van der Waals surface area (Å²) in [5, 5.41) is 5.61. The Bertz CT molecular complexity index is 1240. The van der Waals surface area contributed by atoms with Gasteiger partial charge in [-0.25, -0.2) is 0 Å². The van der Waals surface area contributed by atoms with Gasteiger partial charge in [-0.15, -0.1) is 35.0 Å². The molecule has 0 aromatic heterocycles. The molecule has 5 radical (unpaired) electrons. The summed E-state index contributed by atoms with van der Waals surface area (Å²) in [5.41, 5.74) is 0. The van der Waals surface area contributed by atoms with Gasteiger partial charge in [0.25, 0.3) is 0 Å². The van der Waals surface area contributed by atoms with Crippen molar-refractivity contribution >= 4 is 44.8 Å². The van der Waals surface area contributed by atoms with Gasteiger partial charge in [0, 0.05) is 5.39 Å². The van der Waals surface area contributed by atoms with Gasteiger partial charge >= 0.3 is 35.8 Å². The minimum absolute atomic E-state index is 0.819. The van der Waals surface area contributed by atoms with Crippen molar-refractivity contribution in [2.24, 2.45) is 0 Å². The van der Waals surface area contributed by atoms with E-state index in [1.807, 2.05) is 36.4 Å². The van der Waals surface area contributed by atoms with Crippen molar-refractivity contribution in [1.29, 1.82) is 0 Å². The molecular weight excluding hydrogens is 651 g/mol. The van der Waals surface area contributed by atoms with Crippen LogP contribution in [0.1, 0.15) is 34.6 Å². The number of rotatable bonds is 2. The molecule has 179 valence electrons. The molecule has 2 nitrogen and oxygen atoms in total. The Balaban J connectivity index is 0.000000204. The molecular formula is C30H27ClIrO2P+. The first-order chi connectivity index (χ1) is 17.0. The molecule has 4 aromatic rings. The third-order valence-electron chi connectivity index (χ3n) is 6.87. The van der Waals surface area contributed by atoms with Gasteiger partial charge in [0.15, 0.2) is 0 Å². The van der Waals surface area contributed by atoms with Crippen molar-refractivity contribution < 1.29 is 26.9 Å². The van der Waals surface area contributed by atoms with Gasteiger partial charge in [-0.1, -0.05) is 77.1 Å². The van der Waals surface area contributed by atoms with E-state index < -0.39 is 8.38 Å². The SMILES string of the molecule is C[C]1[C](C)[C](C)[C](C)[C]1C.[Cl][Ir+2].[c-]1cccc2cccc(OP3Oc4cccc5cccc3c45)c12. The maximum atomic E-state index is 6.27. The van der Waals surface area contributed by atoms with Crippen LogP contribution in [0.5, 0.6) is 11.5 Å². The Kier molecular flexibility index (Phi) is 8.77. The second-order valence-corrected chi connectivity index (χ2v) is 9.95. The molecule has 4 aromatic carbocycles. The largest absolute Gasteiger partial charge is 0.483 e. The average Bonchev–Trinajstić information content (AvgIpc) is 3.34. The Hall–Kier alpha value is -1.63. The smallest absolute Gasteiger partial charge is 0.317 e. The molecule has 1 fully saturated rings. The van der Waals surface area contributed by atoms with Crippen LogP contribution >= 0.6 is 18.0 Å².